The largest absolute Gasteiger partial charge is 0.480 e. The average Bonchev–Trinajstić information content (AvgIpc) is 3.24. The maximum atomic E-state index is 12.4. The Balaban J connectivity index is 1.35. The highest BCUT2D eigenvalue weighted by Gasteiger charge is 2.30. The van der Waals surface area contributed by atoms with E-state index in [0.29, 0.717) is 30.2 Å². The van der Waals surface area contributed by atoms with Crippen molar-refractivity contribution in [2.24, 2.45) is 0 Å². The number of H-pyrrole nitrogens is 1. The number of aromatic nitrogens is 3. The van der Waals surface area contributed by atoms with Gasteiger partial charge < -0.3 is 14.6 Å². The molecule has 2 aliphatic rings. The van der Waals surface area contributed by atoms with Crippen LogP contribution in [0.4, 0.5) is 0 Å². The number of carbonyl (C=O) groups is 1. The fourth-order valence-corrected chi connectivity index (χ4v) is 3.49. The average molecular weight is 358 g/mol. The number of nitrogens with zero attached hydrogens (tertiary/aromatic N) is 2. The molecule has 2 heterocycles. The van der Waals surface area contributed by atoms with E-state index < -0.39 is 6.10 Å². The minimum absolute atomic E-state index is 0.0745. The number of hydrogen-bond acceptors (Lipinski definition) is 4. The summed E-state index contributed by atoms with van der Waals surface area (Å²) in [6, 6.07) is 4.13. The topological polar surface area (TPSA) is 71.9 Å². The van der Waals surface area contributed by atoms with E-state index in [0.717, 1.165) is 17.1 Å². The Morgan fingerprint density at radius 1 is 1.40 bits per heavy atom. The zero-order valence-corrected chi connectivity index (χ0v) is 15.3. The molecule has 1 aliphatic carbocycles. The van der Waals surface area contributed by atoms with Gasteiger partial charge in [-0.05, 0) is 61.7 Å². The van der Waals surface area contributed by atoms with Crippen LogP contribution in [0.15, 0.2) is 12.1 Å². The first kappa shape index (κ1) is 16.3. The van der Waals surface area contributed by atoms with E-state index in [1.54, 1.807) is 0 Å². The van der Waals surface area contributed by atoms with Gasteiger partial charge in [0.1, 0.15) is 11.6 Å². The summed E-state index contributed by atoms with van der Waals surface area (Å²) >= 11 is 5.29. The molecule has 1 amide bonds. The molecule has 6 nitrogen and oxygen atoms in total. The van der Waals surface area contributed by atoms with E-state index >= 15 is 0 Å². The molecular weight excluding hydrogens is 336 g/mol. The van der Waals surface area contributed by atoms with Crippen molar-refractivity contribution in [3.05, 3.63) is 39.4 Å². The highest BCUT2D eigenvalue weighted by molar-refractivity contribution is 7.71. The molecule has 0 saturated heterocycles. The van der Waals surface area contributed by atoms with Crippen LogP contribution in [0.3, 0.4) is 0 Å². The molecular formula is C18H22N4O2S. The number of carbonyl (C=O) groups excluding carboxylic acids is 1. The predicted octanol–water partition coefficient (Wildman–Crippen LogP) is 2.55. The van der Waals surface area contributed by atoms with Crippen molar-refractivity contribution in [2.45, 2.75) is 51.7 Å². The third-order valence-corrected chi connectivity index (χ3v) is 5.32. The number of aromatic amines is 1. The summed E-state index contributed by atoms with van der Waals surface area (Å²) in [4.78, 5) is 12.4. The monoisotopic (exact) mass is 358 g/mol. The number of nitrogens with one attached hydrogen (secondary N) is 2. The first-order chi connectivity index (χ1) is 12.0. The number of benzene rings is 1. The highest BCUT2D eigenvalue weighted by atomic mass is 32.1. The number of ether oxygens (including phenoxy) is 1. The zero-order valence-electron chi connectivity index (χ0n) is 14.5. The van der Waals surface area contributed by atoms with Crippen molar-refractivity contribution >= 4 is 18.1 Å². The molecule has 1 atom stereocenters. The van der Waals surface area contributed by atoms with E-state index in [2.05, 4.69) is 35.4 Å². The molecule has 0 unspecified atom stereocenters. The lowest BCUT2D eigenvalue weighted by Gasteiger charge is -2.12. The number of amides is 1. The van der Waals surface area contributed by atoms with Crippen molar-refractivity contribution in [1.82, 2.24) is 20.1 Å². The number of rotatable bonds is 5. The Morgan fingerprint density at radius 3 is 2.92 bits per heavy atom. The molecule has 0 radical (unpaired) electrons. The van der Waals surface area contributed by atoms with Gasteiger partial charge in [-0.1, -0.05) is 6.07 Å². The first-order valence-corrected chi connectivity index (χ1v) is 9.13. The number of hydrogen-bond donors (Lipinski definition) is 2. The number of aryl methyl sites for hydroxylation is 2. The second-order valence-electron chi connectivity index (χ2n) is 6.96. The standard InChI is InChI=1S/C18H22N4O2S/c1-10-7-13-9-15(24-14(13)8-11(10)2)17(23)19-5-6-22-16(12-3-4-12)20-21-18(22)25/h7-8,12,15H,3-6,9H2,1-2H3,(H,19,23)(H,21,25)/t15-/m1/s1. The molecule has 0 spiro atoms. The Bertz CT molecular complexity index is 851. The summed E-state index contributed by atoms with van der Waals surface area (Å²) in [6.45, 7) is 5.28. The second kappa shape index (κ2) is 6.29. The van der Waals surface area contributed by atoms with Gasteiger partial charge in [-0.2, -0.15) is 5.10 Å². The third-order valence-electron chi connectivity index (χ3n) is 5.01. The van der Waals surface area contributed by atoms with Crippen molar-refractivity contribution in [3.63, 3.8) is 0 Å². The van der Waals surface area contributed by atoms with Gasteiger partial charge in [-0.3, -0.25) is 9.89 Å². The Kier molecular flexibility index (Phi) is 4.11. The van der Waals surface area contributed by atoms with Gasteiger partial charge >= 0.3 is 0 Å². The fraction of sp³-hybridized carbons (Fsp3) is 0.500. The van der Waals surface area contributed by atoms with Gasteiger partial charge in [0.2, 0.25) is 0 Å². The predicted molar refractivity (Wildman–Crippen MR) is 96.4 cm³/mol. The first-order valence-electron chi connectivity index (χ1n) is 8.72. The van der Waals surface area contributed by atoms with Crippen LogP contribution in [0.2, 0.25) is 0 Å². The minimum Gasteiger partial charge on any atom is -0.480 e. The molecule has 1 aromatic heterocycles. The van der Waals surface area contributed by atoms with Crippen LogP contribution in [0.5, 0.6) is 5.75 Å². The van der Waals surface area contributed by atoms with Crippen LogP contribution in [0, 0.1) is 18.6 Å². The van der Waals surface area contributed by atoms with E-state index in [-0.39, 0.29) is 5.91 Å². The van der Waals surface area contributed by atoms with E-state index in [4.69, 9.17) is 17.0 Å². The highest BCUT2D eigenvalue weighted by Crippen LogP contribution is 2.38. The van der Waals surface area contributed by atoms with Crippen molar-refractivity contribution in [1.29, 1.82) is 0 Å². The molecule has 1 aliphatic heterocycles. The quantitative estimate of drug-likeness (QED) is 0.806. The van der Waals surface area contributed by atoms with E-state index in [1.165, 1.54) is 24.0 Å². The lowest BCUT2D eigenvalue weighted by molar-refractivity contribution is -0.127. The summed E-state index contributed by atoms with van der Waals surface area (Å²) in [7, 11) is 0. The normalized spacial score (nSPS) is 18.7. The summed E-state index contributed by atoms with van der Waals surface area (Å²) in [5.41, 5.74) is 3.52. The van der Waals surface area contributed by atoms with Gasteiger partial charge in [0.15, 0.2) is 10.9 Å². The van der Waals surface area contributed by atoms with Crippen LogP contribution >= 0.6 is 12.2 Å². The maximum Gasteiger partial charge on any atom is 0.261 e. The minimum atomic E-state index is -0.448. The molecule has 25 heavy (non-hydrogen) atoms. The van der Waals surface area contributed by atoms with E-state index in [1.807, 2.05) is 10.6 Å². The smallest absolute Gasteiger partial charge is 0.261 e. The molecule has 132 valence electrons. The fourth-order valence-electron chi connectivity index (χ4n) is 3.26. The lowest BCUT2D eigenvalue weighted by Crippen LogP contribution is -2.39. The van der Waals surface area contributed by atoms with Gasteiger partial charge in [0, 0.05) is 25.4 Å². The van der Waals surface area contributed by atoms with Crippen molar-refractivity contribution in [2.75, 3.05) is 6.54 Å². The molecule has 1 fully saturated rings. The lowest BCUT2D eigenvalue weighted by atomic mass is 10.0. The third kappa shape index (κ3) is 3.20. The van der Waals surface area contributed by atoms with Crippen LogP contribution in [-0.2, 0) is 17.8 Å². The van der Waals surface area contributed by atoms with Gasteiger partial charge in [-0.15, -0.1) is 0 Å². The van der Waals surface area contributed by atoms with Crippen LogP contribution in [-0.4, -0.2) is 33.3 Å². The summed E-state index contributed by atoms with van der Waals surface area (Å²) in [5.74, 6) is 2.28. The molecule has 4 rings (SSSR count). The van der Waals surface area contributed by atoms with Crippen LogP contribution in [0.1, 0.15) is 41.3 Å². The molecule has 0 bridgehead atoms. The molecule has 7 heteroatoms. The maximum absolute atomic E-state index is 12.4. The molecule has 2 aromatic rings. The summed E-state index contributed by atoms with van der Waals surface area (Å²) < 4.78 is 8.44. The van der Waals surface area contributed by atoms with Crippen LogP contribution < -0.4 is 10.1 Å². The summed E-state index contributed by atoms with van der Waals surface area (Å²) in [5, 5.41) is 10.1. The van der Waals surface area contributed by atoms with Crippen molar-refractivity contribution in [3.8, 4) is 5.75 Å². The van der Waals surface area contributed by atoms with E-state index in [9.17, 15) is 4.79 Å². The van der Waals surface area contributed by atoms with Crippen LogP contribution in [0.25, 0.3) is 0 Å². The SMILES string of the molecule is Cc1cc2c(cc1C)O[C@@H](C(=O)NCCn1c(C3CC3)n[nH]c1=S)C2. The Labute approximate surface area is 151 Å². The Hall–Kier alpha value is -2.15. The van der Waals surface area contributed by atoms with Gasteiger partial charge in [-0.25, -0.2) is 0 Å². The molecule has 1 saturated carbocycles. The second-order valence-corrected chi connectivity index (χ2v) is 7.35. The van der Waals surface area contributed by atoms with Gasteiger partial charge in [0.25, 0.3) is 5.91 Å². The summed E-state index contributed by atoms with van der Waals surface area (Å²) in [6.07, 6.45) is 2.51. The van der Waals surface area contributed by atoms with Crippen molar-refractivity contribution < 1.29 is 9.53 Å². The molecule has 2 N–H and O–H groups in total. The zero-order chi connectivity index (χ0) is 17.6. The molecule has 1 aromatic carbocycles. The Morgan fingerprint density at radius 2 is 2.16 bits per heavy atom. The van der Waals surface area contributed by atoms with Gasteiger partial charge in [0.05, 0.1) is 0 Å². The number of fused-ring (bicyclic) bond motifs is 1.